The summed E-state index contributed by atoms with van der Waals surface area (Å²) in [6.45, 7) is 4.60. The molecule has 0 fully saturated rings. The lowest BCUT2D eigenvalue weighted by molar-refractivity contribution is -0.130. The van der Waals surface area contributed by atoms with Crippen molar-refractivity contribution >= 4 is 10.0 Å². The SMILES string of the molecule is CCOC(CNS(=O)(=O)c1cnc[nH]1)OCC. The number of H-pyrrole nitrogens is 1. The van der Waals surface area contributed by atoms with Crippen LogP contribution in [0.15, 0.2) is 17.6 Å². The van der Waals surface area contributed by atoms with E-state index < -0.39 is 16.3 Å². The number of sulfonamides is 1. The van der Waals surface area contributed by atoms with E-state index in [1.165, 1.54) is 12.5 Å². The van der Waals surface area contributed by atoms with Gasteiger partial charge in [0.1, 0.15) is 0 Å². The first-order valence-corrected chi connectivity index (χ1v) is 6.79. The van der Waals surface area contributed by atoms with E-state index in [-0.39, 0.29) is 11.6 Å². The molecule has 0 unspecified atom stereocenters. The van der Waals surface area contributed by atoms with Crippen LogP contribution < -0.4 is 4.72 Å². The van der Waals surface area contributed by atoms with E-state index in [2.05, 4.69) is 14.7 Å². The van der Waals surface area contributed by atoms with Crippen molar-refractivity contribution in [1.82, 2.24) is 14.7 Å². The van der Waals surface area contributed by atoms with E-state index in [1.54, 1.807) is 0 Å². The van der Waals surface area contributed by atoms with Gasteiger partial charge < -0.3 is 14.5 Å². The van der Waals surface area contributed by atoms with Gasteiger partial charge in [-0.1, -0.05) is 0 Å². The summed E-state index contributed by atoms with van der Waals surface area (Å²) < 4.78 is 36.2. The summed E-state index contributed by atoms with van der Waals surface area (Å²) in [7, 11) is -3.58. The molecule has 0 saturated heterocycles. The number of nitrogens with zero attached hydrogens (tertiary/aromatic N) is 1. The van der Waals surface area contributed by atoms with Crippen LogP contribution in [0.1, 0.15) is 13.8 Å². The molecule has 1 heterocycles. The van der Waals surface area contributed by atoms with Gasteiger partial charge in [-0.2, -0.15) is 0 Å². The van der Waals surface area contributed by atoms with E-state index in [9.17, 15) is 8.42 Å². The molecule has 8 heteroatoms. The Labute approximate surface area is 101 Å². The molecule has 2 N–H and O–H groups in total. The van der Waals surface area contributed by atoms with E-state index in [0.29, 0.717) is 13.2 Å². The normalized spacial score (nSPS) is 12.2. The van der Waals surface area contributed by atoms with Crippen molar-refractivity contribution in [3.05, 3.63) is 12.5 Å². The Kier molecular flexibility index (Phi) is 5.56. The topological polar surface area (TPSA) is 93.3 Å². The van der Waals surface area contributed by atoms with Gasteiger partial charge >= 0.3 is 0 Å². The van der Waals surface area contributed by atoms with E-state index in [0.717, 1.165) is 0 Å². The molecule has 0 atom stereocenters. The van der Waals surface area contributed by atoms with Gasteiger partial charge in [0.2, 0.25) is 0 Å². The van der Waals surface area contributed by atoms with Gasteiger partial charge in [-0.3, -0.25) is 0 Å². The average molecular weight is 263 g/mol. The molecule has 0 radical (unpaired) electrons. The van der Waals surface area contributed by atoms with Gasteiger partial charge in [-0.15, -0.1) is 0 Å². The quantitative estimate of drug-likeness (QED) is 0.648. The Bertz CT molecular complexity index is 398. The van der Waals surface area contributed by atoms with Gasteiger partial charge in [0.15, 0.2) is 11.3 Å². The van der Waals surface area contributed by atoms with Gasteiger partial charge in [-0.25, -0.2) is 18.1 Å². The Hall–Kier alpha value is -0.960. The minimum Gasteiger partial charge on any atom is -0.352 e. The van der Waals surface area contributed by atoms with Crippen molar-refractivity contribution in [3.63, 3.8) is 0 Å². The smallest absolute Gasteiger partial charge is 0.257 e. The molecular formula is C9H17N3O4S. The zero-order valence-electron chi connectivity index (χ0n) is 9.84. The Morgan fingerprint density at radius 3 is 2.53 bits per heavy atom. The molecule has 0 amide bonds. The highest BCUT2D eigenvalue weighted by molar-refractivity contribution is 7.89. The molecule has 0 saturated carbocycles. The fraction of sp³-hybridized carbons (Fsp3) is 0.667. The number of ether oxygens (including phenoxy) is 2. The number of aromatic nitrogens is 2. The molecule has 0 bridgehead atoms. The maximum atomic E-state index is 11.7. The Morgan fingerprint density at radius 1 is 1.41 bits per heavy atom. The molecule has 0 aliphatic heterocycles. The van der Waals surface area contributed by atoms with Gasteiger partial charge in [0.25, 0.3) is 10.0 Å². The molecule has 1 aromatic rings. The first-order chi connectivity index (χ1) is 8.10. The molecular weight excluding hydrogens is 246 g/mol. The first-order valence-electron chi connectivity index (χ1n) is 5.31. The fourth-order valence-electron chi connectivity index (χ4n) is 1.18. The van der Waals surface area contributed by atoms with Crippen LogP contribution in [0.2, 0.25) is 0 Å². The lowest BCUT2D eigenvalue weighted by Gasteiger charge is -2.16. The largest absolute Gasteiger partial charge is 0.352 e. The molecule has 0 aromatic carbocycles. The van der Waals surface area contributed by atoms with E-state index >= 15 is 0 Å². The summed E-state index contributed by atoms with van der Waals surface area (Å²) in [5, 5.41) is 0.0178. The monoisotopic (exact) mass is 263 g/mol. The van der Waals surface area contributed by atoms with Crippen LogP contribution in [-0.4, -0.2) is 44.4 Å². The predicted octanol–water partition coefficient (Wildman–Crippen LogP) is 0.0871. The average Bonchev–Trinajstić information content (AvgIpc) is 2.81. The molecule has 1 rings (SSSR count). The van der Waals surface area contributed by atoms with Gasteiger partial charge in [0, 0.05) is 13.2 Å². The first kappa shape index (κ1) is 14.1. The fourth-order valence-corrected chi connectivity index (χ4v) is 2.10. The van der Waals surface area contributed by atoms with Crippen molar-refractivity contribution in [1.29, 1.82) is 0 Å². The maximum Gasteiger partial charge on any atom is 0.257 e. The molecule has 0 spiro atoms. The van der Waals surface area contributed by atoms with Crippen LogP contribution in [0.25, 0.3) is 0 Å². The zero-order valence-corrected chi connectivity index (χ0v) is 10.7. The summed E-state index contributed by atoms with van der Waals surface area (Å²) in [6.07, 6.45) is 1.96. The van der Waals surface area contributed by atoms with Crippen LogP contribution in [-0.2, 0) is 19.5 Å². The standard InChI is InChI=1S/C9H17N3O4S/c1-3-15-9(16-4-2)6-12-17(13,14)8-5-10-7-11-8/h5,7,9,12H,3-4,6H2,1-2H3,(H,10,11). The predicted molar refractivity (Wildman–Crippen MR) is 60.8 cm³/mol. The highest BCUT2D eigenvalue weighted by atomic mass is 32.2. The third-order valence-corrected chi connectivity index (χ3v) is 3.26. The zero-order chi connectivity index (χ0) is 12.7. The third kappa shape index (κ3) is 4.43. The molecule has 0 aliphatic carbocycles. The second kappa shape index (κ2) is 6.70. The van der Waals surface area contributed by atoms with Gasteiger partial charge in [-0.05, 0) is 13.8 Å². The lowest BCUT2D eigenvalue weighted by atomic mass is 10.6. The minimum atomic E-state index is -3.58. The van der Waals surface area contributed by atoms with Crippen LogP contribution in [0, 0.1) is 0 Å². The van der Waals surface area contributed by atoms with E-state index in [1.807, 2.05) is 13.8 Å². The van der Waals surface area contributed by atoms with Crippen molar-refractivity contribution in [3.8, 4) is 0 Å². The summed E-state index contributed by atoms with van der Waals surface area (Å²) in [6, 6.07) is 0. The van der Waals surface area contributed by atoms with Crippen LogP contribution in [0.3, 0.4) is 0 Å². The molecule has 1 aromatic heterocycles. The summed E-state index contributed by atoms with van der Waals surface area (Å²) >= 11 is 0. The second-order valence-corrected chi connectivity index (χ2v) is 4.84. The number of hydrogen-bond donors (Lipinski definition) is 2. The van der Waals surface area contributed by atoms with Crippen molar-refractivity contribution in [2.45, 2.75) is 25.2 Å². The van der Waals surface area contributed by atoms with Crippen LogP contribution in [0.4, 0.5) is 0 Å². The number of nitrogens with one attached hydrogen (secondary N) is 2. The van der Waals surface area contributed by atoms with Crippen molar-refractivity contribution in [2.24, 2.45) is 0 Å². The molecule has 7 nitrogen and oxygen atoms in total. The summed E-state index contributed by atoms with van der Waals surface area (Å²) in [4.78, 5) is 6.17. The minimum absolute atomic E-state index is 0.0178. The second-order valence-electron chi connectivity index (χ2n) is 3.11. The maximum absolute atomic E-state index is 11.7. The van der Waals surface area contributed by atoms with Crippen molar-refractivity contribution < 1.29 is 17.9 Å². The van der Waals surface area contributed by atoms with Crippen molar-refractivity contribution in [2.75, 3.05) is 19.8 Å². The molecule has 98 valence electrons. The number of imidazole rings is 1. The third-order valence-electron chi connectivity index (χ3n) is 1.91. The summed E-state index contributed by atoms with van der Waals surface area (Å²) in [5.41, 5.74) is 0. The highest BCUT2D eigenvalue weighted by Gasteiger charge is 2.18. The van der Waals surface area contributed by atoms with Crippen LogP contribution in [0.5, 0.6) is 0 Å². The number of aromatic amines is 1. The van der Waals surface area contributed by atoms with Crippen LogP contribution >= 0.6 is 0 Å². The highest BCUT2D eigenvalue weighted by Crippen LogP contribution is 2.02. The summed E-state index contributed by atoms with van der Waals surface area (Å²) in [5.74, 6) is 0. The molecule has 0 aliphatic rings. The van der Waals surface area contributed by atoms with Gasteiger partial charge in [0.05, 0.1) is 19.1 Å². The lowest BCUT2D eigenvalue weighted by Crippen LogP contribution is -2.35. The van der Waals surface area contributed by atoms with E-state index in [4.69, 9.17) is 9.47 Å². The number of hydrogen-bond acceptors (Lipinski definition) is 5. The number of rotatable bonds is 8. The molecule has 17 heavy (non-hydrogen) atoms. The Morgan fingerprint density at radius 2 is 2.06 bits per heavy atom. The Balaban J connectivity index is 2.53.